The van der Waals surface area contributed by atoms with Crippen LogP contribution in [0, 0.1) is 0 Å². The number of alkyl carbamates (subject to hydrolysis) is 1. The van der Waals surface area contributed by atoms with Crippen molar-refractivity contribution >= 4 is 18.0 Å². The lowest BCUT2D eigenvalue weighted by atomic mass is 10.2. The topological polar surface area (TPSA) is 94.8 Å². The Balaban J connectivity index is 2.84. The molecular formula is C15H24N4O4. The van der Waals surface area contributed by atoms with Crippen molar-refractivity contribution in [3.63, 3.8) is 0 Å². The molecule has 0 radical (unpaired) electrons. The van der Waals surface area contributed by atoms with E-state index in [2.05, 4.69) is 15.4 Å². The van der Waals surface area contributed by atoms with E-state index in [1.54, 1.807) is 60.0 Å². The Bertz CT molecular complexity index is 565. The van der Waals surface area contributed by atoms with Crippen LogP contribution in [0.2, 0.25) is 0 Å². The Morgan fingerprint density at radius 3 is 2.22 bits per heavy atom. The Kier molecular flexibility index (Phi) is 5.89. The third-order valence-corrected chi connectivity index (χ3v) is 2.14. The number of carbonyl (C=O) groups excluding carboxylic acids is 2. The highest BCUT2D eigenvalue weighted by Crippen LogP contribution is 2.09. The number of aromatic nitrogens is 2. The van der Waals surface area contributed by atoms with Crippen molar-refractivity contribution in [3.05, 3.63) is 18.5 Å². The lowest BCUT2D eigenvalue weighted by Crippen LogP contribution is -2.39. The van der Waals surface area contributed by atoms with E-state index in [0.717, 1.165) is 0 Å². The Morgan fingerprint density at radius 1 is 1.13 bits per heavy atom. The average Bonchev–Trinajstić information content (AvgIpc) is 2.75. The van der Waals surface area contributed by atoms with Gasteiger partial charge in [-0.15, -0.1) is 0 Å². The van der Waals surface area contributed by atoms with Gasteiger partial charge in [0.2, 0.25) is 0 Å². The summed E-state index contributed by atoms with van der Waals surface area (Å²) in [5.74, 6) is 0.0807. The molecule has 128 valence electrons. The molecule has 0 aliphatic heterocycles. The molecule has 0 aliphatic carbocycles. The van der Waals surface area contributed by atoms with E-state index in [0.29, 0.717) is 0 Å². The fourth-order valence-electron chi connectivity index (χ4n) is 1.47. The molecule has 0 saturated carbocycles. The van der Waals surface area contributed by atoms with E-state index in [-0.39, 0.29) is 12.4 Å². The number of nitrogens with zero attached hydrogens (tertiary/aromatic N) is 3. The third kappa shape index (κ3) is 8.60. The van der Waals surface area contributed by atoms with Gasteiger partial charge in [-0.05, 0) is 47.6 Å². The van der Waals surface area contributed by atoms with Crippen LogP contribution in [0.15, 0.2) is 23.5 Å². The van der Waals surface area contributed by atoms with Gasteiger partial charge >= 0.3 is 12.2 Å². The number of amidine groups is 1. The van der Waals surface area contributed by atoms with Crippen LogP contribution in [0.3, 0.4) is 0 Å². The summed E-state index contributed by atoms with van der Waals surface area (Å²) in [6, 6.07) is 1.72. The van der Waals surface area contributed by atoms with Crippen LogP contribution in [-0.2, 0) is 16.0 Å². The van der Waals surface area contributed by atoms with Crippen LogP contribution >= 0.6 is 0 Å². The van der Waals surface area contributed by atoms with Crippen molar-refractivity contribution in [2.75, 3.05) is 0 Å². The van der Waals surface area contributed by atoms with Gasteiger partial charge in [-0.1, -0.05) is 0 Å². The molecule has 1 heterocycles. The zero-order valence-electron chi connectivity index (χ0n) is 14.4. The van der Waals surface area contributed by atoms with E-state index in [9.17, 15) is 9.59 Å². The number of hydrogen-bond acceptors (Lipinski definition) is 5. The highest BCUT2D eigenvalue weighted by atomic mass is 16.6. The van der Waals surface area contributed by atoms with Crippen LogP contribution in [-0.4, -0.2) is 39.0 Å². The van der Waals surface area contributed by atoms with Crippen molar-refractivity contribution < 1.29 is 19.1 Å². The Hall–Kier alpha value is -2.38. The number of rotatable bonds is 2. The van der Waals surface area contributed by atoms with Gasteiger partial charge in [0.05, 0.1) is 6.54 Å². The molecule has 0 spiro atoms. The molecule has 8 heteroatoms. The number of aliphatic imine (C=N–C) groups is 1. The second kappa shape index (κ2) is 7.26. The number of hydrogen-bond donors (Lipinski definition) is 1. The first-order chi connectivity index (χ1) is 10.4. The molecule has 0 atom stereocenters. The fourth-order valence-corrected chi connectivity index (χ4v) is 1.47. The standard InChI is InChI=1S/C15H24N4O4/c1-14(2,3)22-12(20)17-11(10-19-9-7-8-16-19)18-13(21)23-15(4,5)6/h7-9H,10H2,1-6H3,(H,17,18,20,21). The molecule has 8 nitrogen and oxygen atoms in total. The number of ether oxygens (including phenoxy) is 2. The molecule has 0 unspecified atom stereocenters. The summed E-state index contributed by atoms with van der Waals surface area (Å²) in [5, 5.41) is 6.47. The minimum atomic E-state index is -0.796. The summed E-state index contributed by atoms with van der Waals surface area (Å²) in [7, 11) is 0. The second-order valence-corrected chi connectivity index (χ2v) is 6.87. The van der Waals surface area contributed by atoms with Gasteiger partial charge in [0.1, 0.15) is 17.0 Å². The Labute approximate surface area is 135 Å². The molecule has 1 N–H and O–H groups in total. The first kappa shape index (κ1) is 18.7. The normalized spacial score (nSPS) is 12.7. The molecule has 1 rings (SSSR count). The molecule has 1 aromatic rings. The van der Waals surface area contributed by atoms with E-state index in [1.807, 2.05) is 0 Å². The predicted molar refractivity (Wildman–Crippen MR) is 85.3 cm³/mol. The van der Waals surface area contributed by atoms with Crippen LogP contribution in [0.4, 0.5) is 9.59 Å². The average molecular weight is 324 g/mol. The van der Waals surface area contributed by atoms with Crippen molar-refractivity contribution in [2.24, 2.45) is 4.99 Å². The fraction of sp³-hybridized carbons (Fsp3) is 0.600. The maximum atomic E-state index is 11.9. The zero-order valence-corrected chi connectivity index (χ0v) is 14.4. The van der Waals surface area contributed by atoms with Crippen LogP contribution in [0.25, 0.3) is 0 Å². The summed E-state index contributed by atoms with van der Waals surface area (Å²) in [6.07, 6.45) is 1.77. The lowest BCUT2D eigenvalue weighted by molar-refractivity contribution is 0.0561. The number of carbonyl (C=O) groups is 2. The molecule has 23 heavy (non-hydrogen) atoms. The Morgan fingerprint density at radius 2 is 1.74 bits per heavy atom. The van der Waals surface area contributed by atoms with Crippen LogP contribution < -0.4 is 5.32 Å². The van der Waals surface area contributed by atoms with Crippen molar-refractivity contribution in [3.8, 4) is 0 Å². The monoisotopic (exact) mass is 324 g/mol. The smallest absolute Gasteiger partial charge is 0.435 e. The summed E-state index contributed by atoms with van der Waals surface area (Å²) >= 11 is 0. The van der Waals surface area contributed by atoms with Gasteiger partial charge < -0.3 is 9.47 Å². The summed E-state index contributed by atoms with van der Waals surface area (Å²) in [5.41, 5.74) is -1.34. The SMILES string of the molecule is CC(C)(C)OC(=O)/N=C(/Cn1cccn1)NC(=O)OC(C)(C)C. The van der Waals surface area contributed by atoms with Crippen molar-refractivity contribution in [1.29, 1.82) is 0 Å². The molecular weight excluding hydrogens is 300 g/mol. The zero-order chi connectivity index (χ0) is 17.7. The molecule has 0 bridgehead atoms. The van der Waals surface area contributed by atoms with Gasteiger partial charge in [0.25, 0.3) is 0 Å². The van der Waals surface area contributed by atoms with Crippen molar-refractivity contribution in [2.45, 2.75) is 59.3 Å². The highest BCUT2D eigenvalue weighted by Gasteiger charge is 2.20. The highest BCUT2D eigenvalue weighted by molar-refractivity contribution is 6.00. The number of amides is 2. The maximum absolute atomic E-state index is 11.9. The second-order valence-electron chi connectivity index (χ2n) is 6.87. The van der Waals surface area contributed by atoms with Gasteiger partial charge in [0.15, 0.2) is 0 Å². The molecule has 0 fully saturated rings. The minimum Gasteiger partial charge on any atom is -0.444 e. The van der Waals surface area contributed by atoms with E-state index >= 15 is 0 Å². The molecule has 0 aromatic carbocycles. The number of nitrogens with one attached hydrogen (secondary N) is 1. The minimum absolute atomic E-state index is 0.0807. The maximum Gasteiger partial charge on any atom is 0.435 e. The molecule has 2 amide bonds. The van der Waals surface area contributed by atoms with Crippen molar-refractivity contribution in [1.82, 2.24) is 15.1 Å². The summed E-state index contributed by atoms with van der Waals surface area (Å²) in [4.78, 5) is 27.5. The third-order valence-electron chi connectivity index (χ3n) is 2.14. The predicted octanol–water partition coefficient (Wildman–Crippen LogP) is 2.74. The molecule has 0 saturated heterocycles. The van der Waals surface area contributed by atoms with E-state index in [4.69, 9.17) is 9.47 Å². The van der Waals surface area contributed by atoms with Gasteiger partial charge in [-0.25, -0.2) is 9.59 Å². The van der Waals surface area contributed by atoms with Gasteiger partial charge in [-0.3, -0.25) is 10.00 Å². The summed E-state index contributed by atoms with van der Waals surface area (Å²) < 4.78 is 11.8. The molecule has 0 aliphatic rings. The van der Waals surface area contributed by atoms with E-state index < -0.39 is 23.4 Å². The molecule has 1 aromatic heterocycles. The van der Waals surface area contributed by atoms with E-state index in [1.165, 1.54) is 4.68 Å². The van der Waals surface area contributed by atoms with Gasteiger partial charge in [-0.2, -0.15) is 10.1 Å². The quantitative estimate of drug-likeness (QED) is 0.666. The first-order valence-electron chi connectivity index (χ1n) is 7.22. The van der Waals surface area contributed by atoms with Crippen LogP contribution in [0.1, 0.15) is 41.5 Å². The van der Waals surface area contributed by atoms with Crippen LogP contribution in [0.5, 0.6) is 0 Å². The van der Waals surface area contributed by atoms with Gasteiger partial charge in [0, 0.05) is 12.4 Å². The largest absolute Gasteiger partial charge is 0.444 e. The first-order valence-corrected chi connectivity index (χ1v) is 7.22. The lowest BCUT2D eigenvalue weighted by Gasteiger charge is -2.20. The summed E-state index contributed by atoms with van der Waals surface area (Å²) in [6.45, 7) is 10.5.